The second-order valence-electron chi connectivity index (χ2n) is 5.45. The molecular formula is C17H20N4O2. The van der Waals surface area contributed by atoms with Crippen LogP contribution >= 0.6 is 0 Å². The zero-order valence-electron chi connectivity index (χ0n) is 13.4. The third kappa shape index (κ3) is 2.88. The molecule has 6 nitrogen and oxygen atoms in total. The first-order valence-corrected chi connectivity index (χ1v) is 7.69. The molecule has 1 aromatic carbocycles. The molecule has 3 rings (SSSR count). The number of fused-ring (bicyclic) bond motifs is 1. The minimum absolute atomic E-state index is 0.589. The smallest absolute Gasteiger partial charge is 0.162 e. The van der Waals surface area contributed by atoms with Gasteiger partial charge in [0.1, 0.15) is 6.07 Å². The molecule has 0 saturated carbocycles. The number of hydrogen-bond donors (Lipinski definition) is 1. The monoisotopic (exact) mass is 312 g/mol. The quantitative estimate of drug-likeness (QED) is 0.934. The average molecular weight is 312 g/mol. The predicted octanol–water partition coefficient (Wildman–Crippen LogP) is 1.92. The van der Waals surface area contributed by atoms with Gasteiger partial charge in [0.2, 0.25) is 0 Å². The van der Waals surface area contributed by atoms with Gasteiger partial charge in [0, 0.05) is 37.3 Å². The van der Waals surface area contributed by atoms with Crippen LogP contribution in [0, 0.1) is 11.3 Å². The van der Waals surface area contributed by atoms with Gasteiger partial charge in [-0.15, -0.1) is 0 Å². The Morgan fingerprint density at radius 2 is 1.96 bits per heavy atom. The first kappa shape index (κ1) is 15.4. The highest BCUT2D eigenvalue weighted by Crippen LogP contribution is 2.37. The maximum atomic E-state index is 9.52. The summed E-state index contributed by atoms with van der Waals surface area (Å²) in [6.07, 6.45) is 2.68. The molecule has 1 aromatic heterocycles. The number of aromatic nitrogens is 1. The van der Waals surface area contributed by atoms with Crippen LogP contribution in [0.3, 0.4) is 0 Å². The molecule has 120 valence electrons. The molecule has 0 unspecified atom stereocenters. The molecule has 0 radical (unpaired) electrons. The van der Waals surface area contributed by atoms with E-state index in [1.807, 2.05) is 12.1 Å². The van der Waals surface area contributed by atoms with Crippen molar-refractivity contribution >= 4 is 16.6 Å². The van der Waals surface area contributed by atoms with E-state index in [4.69, 9.17) is 9.47 Å². The molecule has 23 heavy (non-hydrogen) atoms. The highest BCUT2D eigenvalue weighted by atomic mass is 16.5. The Morgan fingerprint density at radius 3 is 2.70 bits per heavy atom. The van der Waals surface area contributed by atoms with E-state index in [1.54, 1.807) is 20.4 Å². The van der Waals surface area contributed by atoms with E-state index >= 15 is 0 Å². The predicted molar refractivity (Wildman–Crippen MR) is 89.3 cm³/mol. The lowest BCUT2D eigenvalue weighted by atomic mass is 10.1. The number of nitrogens with zero attached hydrogens (tertiary/aromatic N) is 3. The van der Waals surface area contributed by atoms with Crippen LogP contribution in [0.15, 0.2) is 18.3 Å². The second-order valence-corrected chi connectivity index (χ2v) is 5.45. The normalized spacial score (nSPS) is 15.1. The number of pyridine rings is 1. The topological polar surface area (TPSA) is 70.4 Å². The number of methoxy groups -OCH3 is 2. The van der Waals surface area contributed by atoms with Crippen LogP contribution in [0.25, 0.3) is 10.9 Å². The van der Waals surface area contributed by atoms with Crippen LogP contribution in [0.2, 0.25) is 0 Å². The molecule has 1 fully saturated rings. The first-order chi connectivity index (χ1) is 11.3. The Bertz CT molecular complexity index is 746. The average Bonchev–Trinajstić information content (AvgIpc) is 2.88. The number of nitriles is 1. The molecule has 1 aliphatic heterocycles. The van der Waals surface area contributed by atoms with Gasteiger partial charge < -0.3 is 19.7 Å². The molecule has 1 aliphatic rings. The Morgan fingerprint density at radius 1 is 1.17 bits per heavy atom. The van der Waals surface area contributed by atoms with Gasteiger partial charge in [0.15, 0.2) is 11.5 Å². The van der Waals surface area contributed by atoms with Crippen molar-refractivity contribution in [2.45, 2.75) is 6.42 Å². The van der Waals surface area contributed by atoms with Gasteiger partial charge in [0.25, 0.3) is 0 Å². The SMILES string of the molecule is COc1cc2ncc(C#N)c(N3CCCNCC3)c2cc1OC. The van der Waals surface area contributed by atoms with Crippen molar-refractivity contribution in [1.29, 1.82) is 5.26 Å². The molecule has 0 bridgehead atoms. The first-order valence-electron chi connectivity index (χ1n) is 7.69. The number of ether oxygens (including phenoxy) is 2. The Kier molecular flexibility index (Phi) is 4.49. The van der Waals surface area contributed by atoms with Crippen molar-refractivity contribution in [3.05, 3.63) is 23.9 Å². The maximum Gasteiger partial charge on any atom is 0.162 e. The summed E-state index contributed by atoms with van der Waals surface area (Å²) in [5, 5.41) is 13.8. The Hall–Kier alpha value is -2.52. The van der Waals surface area contributed by atoms with E-state index in [2.05, 4.69) is 21.3 Å². The number of hydrogen-bond acceptors (Lipinski definition) is 6. The van der Waals surface area contributed by atoms with Crippen LogP contribution < -0.4 is 19.7 Å². The maximum absolute atomic E-state index is 9.52. The fraction of sp³-hybridized carbons (Fsp3) is 0.412. The largest absolute Gasteiger partial charge is 0.493 e. The van der Waals surface area contributed by atoms with Crippen molar-refractivity contribution in [1.82, 2.24) is 10.3 Å². The van der Waals surface area contributed by atoms with Gasteiger partial charge in [0.05, 0.1) is 31.0 Å². The van der Waals surface area contributed by atoms with Crippen molar-refractivity contribution in [2.75, 3.05) is 45.3 Å². The van der Waals surface area contributed by atoms with E-state index in [0.29, 0.717) is 17.1 Å². The van der Waals surface area contributed by atoms with E-state index in [1.165, 1.54) is 0 Å². The third-order valence-corrected chi connectivity index (χ3v) is 4.12. The molecule has 6 heteroatoms. The van der Waals surface area contributed by atoms with Crippen LogP contribution in [0.4, 0.5) is 5.69 Å². The van der Waals surface area contributed by atoms with E-state index in [0.717, 1.165) is 49.2 Å². The fourth-order valence-electron chi connectivity index (χ4n) is 3.00. The lowest BCUT2D eigenvalue weighted by molar-refractivity contribution is 0.356. The molecule has 2 aromatic rings. The van der Waals surface area contributed by atoms with Crippen LogP contribution in [0.5, 0.6) is 11.5 Å². The molecule has 0 spiro atoms. The standard InChI is InChI=1S/C17H20N4O2/c1-22-15-8-13-14(9-16(15)23-2)20-11-12(10-18)17(13)21-6-3-4-19-5-7-21/h8-9,11,19H,3-7H2,1-2H3. The van der Waals surface area contributed by atoms with E-state index < -0.39 is 0 Å². The summed E-state index contributed by atoms with van der Waals surface area (Å²) < 4.78 is 10.8. The van der Waals surface area contributed by atoms with Crippen molar-refractivity contribution < 1.29 is 9.47 Å². The summed E-state index contributed by atoms with van der Waals surface area (Å²) in [6, 6.07) is 6.04. The summed E-state index contributed by atoms with van der Waals surface area (Å²) in [7, 11) is 3.22. The number of rotatable bonds is 3. The lowest BCUT2D eigenvalue weighted by Gasteiger charge is -2.25. The zero-order valence-corrected chi connectivity index (χ0v) is 13.4. The van der Waals surface area contributed by atoms with Gasteiger partial charge in [-0.05, 0) is 19.0 Å². The Labute approximate surface area is 135 Å². The molecule has 1 saturated heterocycles. The summed E-state index contributed by atoms with van der Waals surface area (Å²) in [5.41, 5.74) is 2.32. The summed E-state index contributed by atoms with van der Waals surface area (Å²) in [4.78, 5) is 6.67. The zero-order chi connectivity index (χ0) is 16.2. The van der Waals surface area contributed by atoms with Crippen molar-refractivity contribution in [2.24, 2.45) is 0 Å². The lowest BCUT2D eigenvalue weighted by Crippen LogP contribution is -2.28. The number of nitrogens with one attached hydrogen (secondary N) is 1. The molecule has 0 atom stereocenters. The highest BCUT2D eigenvalue weighted by molar-refractivity contribution is 5.96. The van der Waals surface area contributed by atoms with Gasteiger partial charge >= 0.3 is 0 Å². The highest BCUT2D eigenvalue weighted by Gasteiger charge is 2.19. The fourth-order valence-corrected chi connectivity index (χ4v) is 3.00. The Balaban J connectivity index is 2.22. The minimum Gasteiger partial charge on any atom is -0.493 e. The van der Waals surface area contributed by atoms with Gasteiger partial charge in [-0.1, -0.05) is 0 Å². The summed E-state index contributed by atoms with van der Waals surface area (Å²) >= 11 is 0. The minimum atomic E-state index is 0.589. The molecule has 0 amide bonds. The van der Waals surface area contributed by atoms with Gasteiger partial charge in [-0.3, -0.25) is 4.98 Å². The van der Waals surface area contributed by atoms with Gasteiger partial charge in [-0.2, -0.15) is 5.26 Å². The van der Waals surface area contributed by atoms with Crippen molar-refractivity contribution in [3.63, 3.8) is 0 Å². The van der Waals surface area contributed by atoms with Crippen LogP contribution in [-0.2, 0) is 0 Å². The van der Waals surface area contributed by atoms with Crippen molar-refractivity contribution in [3.8, 4) is 17.6 Å². The van der Waals surface area contributed by atoms with Gasteiger partial charge in [-0.25, -0.2) is 0 Å². The summed E-state index contributed by atoms with van der Waals surface area (Å²) in [6.45, 7) is 3.68. The third-order valence-electron chi connectivity index (χ3n) is 4.12. The van der Waals surface area contributed by atoms with E-state index in [9.17, 15) is 5.26 Å². The molecular weight excluding hydrogens is 292 g/mol. The van der Waals surface area contributed by atoms with Crippen LogP contribution in [0.1, 0.15) is 12.0 Å². The summed E-state index contributed by atoms with van der Waals surface area (Å²) in [5.74, 6) is 1.28. The number of anilines is 1. The number of benzene rings is 1. The molecule has 2 heterocycles. The molecule has 1 N–H and O–H groups in total. The van der Waals surface area contributed by atoms with E-state index in [-0.39, 0.29) is 0 Å². The molecule has 0 aliphatic carbocycles. The second kappa shape index (κ2) is 6.71. The van der Waals surface area contributed by atoms with Crippen LogP contribution in [-0.4, -0.2) is 45.4 Å².